The minimum Gasteiger partial charge on any atom is -0.383 e. The zero-order chi connectivity index (χ0) is 14.2. The number of aromatic nitrogens is 2. The summed E-state index contributed by atoms with van der Waals surface area (Å²) < 4.78 is 2.13. The van der Waals surface area contributed by atoms with Crippen molar-refractivity contribution in [2.24, 2.45) is 0 Å². The third-order valence-electron chi connectivity index (χ3n) is 3.63. The Hall–Kier alpha value is -1.77. The minimum atomic E-state index is 0.336. The quantitative estimate of drug-likeness (QED) is 0.906. The highest BCUT2D eigenvalue weighted by Crippen LogP contribution is 2.30. The minimum absolute atomic E-state index is 0.336. The molecule has 0 unspecified atom stereocenters. The van der Waals surface area contributed by atoms with Crippen molar-refractivity contribution in [1.82, 2.24) is 9.55 Å². The second-order valence-corrected chi connectivity index (χ2v) is 5.38. The van der Waals surface area contributed by atoms with E-state index in [9.17, 15) is 0 Å². The largest absolute Gasteiger partial charge is 0.383 e. The molecule has 1 heterocycles. The number of aryl methyl sites for hydroxylation is 3. The molecule has 0 fully saturated rings. The molecule has 0 aliphatic carbocycles. The van der Waals surface area contributed by atoms with Gasteiger partial charge in [0.05, 0.1) is 0 Å². The summed E-state index contributed by atoms with van der Waals surface area (Å²) in [6.45, 7) is 10.6. The van der Waals surface area contributed by atoms with Crippen LogP contribution in [0.2, 0.25) is 0 Å². The van der Waals surface area contributed by atoms with Crippen molar-refractivity contribution in [2.45, 2.75) is 47.1 Å². The van der Waals surface area contributed by atoms with E-state index in [4.69, 9.17) is 10.7 Å². The fourth-order valence-corrected chi connectivity index (χ4v) is 2.42. The van der Waals surface area contributed by atoms with Crippen LogP contribution in [0.5, 0.6) is 0 Å². The highest BCUT2D eigenvalue weighted by Gasteiger charge is 2.17. The number of anilines is 1. The summed E-state index contributed by atoms with van der Waals surface area (Å²) in [5.74, 6) is 1.83. The Morgan fingerprint density at radius 3 is 2.37 bits per heavy atom. The van der Waals surface area contributed by atoms with E-state index in [0.717, 1.165) is 29.3 Å². The van der Waals surface area contributed by atoms with Crippen LogP contribution >= 0.6 is 0 Å². The van der Waals surface area contributed by atoms with Crippen molar-refractivity contribution >= 4 is 5.82 Å². The van der Waals surface area contributed by atoms with Crippen LogP contribution < -0.4 is 5.73 Å². The predicted octanol–water partition coefficient (Wildman–Crippen LogP) is 3.89. The van der Waals surface area contributed by atoms with Gasteiger partial charge in [0, 0.05) is 18.0 Å². The van der Waals surface area contributed by atoms with Crippen molar-refractivity contribution in [3.8, 4) is 11.3 Å². The molecule has 1 aromatic heterocycles. The van der Waals surface area contributed by atoms with Gasteiger partial charge in [0.25, 0.3) is 0 Å². The van der Waals surface area contributed by atoms with Crippen LogP contribution in [0.25, 0.3) is 11.3 Å². The SMILES string of the molecule is CCc1nc(-c2ccc(C)c(C)c2)c(N)n1C(C)C. The average molecular weight is 257 g/mol. The van der Waals surface area contributed by atoms with Gasteiger partial charge in [-0.15, -0.1) is 0 Å². The van der Waals surface area contributed by atoms with Gasteiger partial charge in [-0.05, 0) is 44.9 Å². The first kappa shape index (κ1) is 13.7. The lowest BCUT2D eigenvalue weighted by Crippen LogP contribution is -2.08. The maximum atomic E-state index is 6.30. The van der Waals surface area contributed by atoms with E-state index >= 15 is 0 Å². The first-order valence-electron chi connectivity index (χ1n) is 6.89. The Balaban J connectivity index is 2.59. The predicted molar refractivity (Wildman–Crippen MR) is 81.3 cm³/mol. The Morgan fingerprint density at radius 1 is 1.21 bits per heavy atom. The molecule has 0 bridgehead atoms. The number of imidazole rings is 1. The molecule has 2 aromatic rings. The highest BCUT2D eigenvalue weighted by molar-refractivity contribution is 5.72. The van der Waals surface area contributed by atoms with Gasteiger partial charge in [-0.1, -0.05) is 19.1 Å². The molecule has 102 valence electrons. The number of rotatable bonds is 3. The Bertz CT molecular complexity index is 594. The molecule has 0 radical (unpaired) electrons. The number of nitrogens with two attached hydrogens (primary N) is 1. The van der Waals surface area contributed by atoms with Gasteiger partial charge in [0.15, 0.2) is 0 Å². The van der Waals surface area contributed by atoms with Gasteiger partial charge in [0.1, 0.15) is 17.3 Å². The Labute approximate surface area is 115 Å². The van der Waals surface area contributed by atoms with Crippen molar-refractivity contribution in [2.75, 3.05) is 5.73 Å². The van der Waals surface area contributed by atoms with Crippen LogP contribution in [0.15, 0.2) is 18.2 Å². The fourth-order valence-electron chi connectivity index (χ4n) is 2.42. The molecular weight excluding hydrogens is 234 g/mol. The first-order valence-corrected chi connectivity index (χ1v) is 6.89. The van der Waals surface area contributed by atoms with Crippen LogP contribution in [0.1, 0.15) is 43.8 Å². The fraction of sp³-hybridized carbons (Fsp3) is 0.438. The molecule has 0 amide bonds. The summed E-state index contributed by atoms with van der Waals surface area (Å²) in [5.41, 5.74) is 10.9. The van der Waals surface area contributed by atoms with Crippen LogP contribution in [0.3, 0.4) is 0 Å². The topological polar surface area (TPSA) is 43.8 Å². The van der Waals surface area contributed by atoms with Crippen molar-refractivity contribution < 1.29 is 0 Å². The molecule has 0 spiro atoms. The molecule has 1 aromatic carbocycles. The van der Waals surface area contributed by atoms with Gasteiger partial charge in [-0.25, -0.2) is 4.98 Å². The van der Waals surface area contributed by atoms with Crippen LogP contribution in [-0.4, -0.2) is 9.55 Å². The van der Waals surface area contributed by atoms with Crippen molar-refractivity contribution in [3.63, 3.8) is 0 Å². The normalized spacial score (nSPS) is 11.3. The summed E-state index contributed by atoms with van der Waals surface area (Å²) in [6.07, 6.45) is 0.896. The van der Waals surface area contributed by atoms with Gasteiger partial charge in [0.2, 0.25) is 0 Å². The molecule has 3 nitrogen and oxygen atoms in total. The van der Waals surface area contributed by atoms with E-state index in [1.54, 1.807) is 0 Å². The van der Waals surface area contributed by atoms with E-state index in [1.165, 1.54) is 11.1 Å². The van der Waals surface area contributed by atoms with Crippen LogP contribution in [0, 0.1) is 13.8 Å². The number of hydrogen-bond donors (Lipinski definition) is 1. The standard InChI is InChI=1S/C16H23N3/c1-6-14-18-15(16(17)19(14)10(2)3)13-8-7-11(4)12(5)9-13/h7-10H,6,17H2,1-5H3. The van der Waals surface area contributed by atoms with E-state index in [2.05, 4.69) is 57.4 Å². The Kier molecular flexibility index (Phi) is 3.65. The molecule has 0 aliphatic rings. The molecule has 0 atom stereocenters. The zero-order valence-corrected chi connectivity index (χ0v) is 12.5. The number of nitrogens with zero attached hydrogens (tertiary/aromatic N) is 2. The highest BCUT2D eigenvalue weighted by atomic mass is 15.2. The smallest absolute Gasteiger partial charge is 0.131 e. The number of nitrogen functional groups attached to an aromatic ring is 1. The third-order valence-corrected chi connectivity index (χ3v) is 3.63. The second kappa shape index (κ2) is 5.08. The molecular formula is C16H23N3. The van der Waals surface area contributed by atoms with E-state index < -0.39 is 0 Å². The lowest BCUT2D eigenvalue weighted by Gasteiger charge is -2.12. The zero-order valence-electron chi connectivity index (χ0n) is 12.5. The third kappa shape index (κ3) is 2.37. The maximum absolute atomic E-state index is 6.30. The lowest BCUT2D eigenvalue weighted by molar-refractivity contribution is 0.579. The van der Waals surface area contributed by atoms with Gasteiger partial charge >= 0.3 is 0 Å². The average Bonchev–Trinajstić information content (AvgIpc) is 2.70. The molecule has 2 N–H and O–H groups in total. The monoisotopic (exact) mass is 257 g/mol. The molecule has 0 saturated carbocycles. The van der Waals surface area contributed by atoms with E-state index in [-0.39, 0.29) is 0 Å². The van der Waals surface area contributed by atoms with Crippen LogP contribution in [0.4, 0.5) is 5.82 Å². The molecule has 0 aliphatic heterocycles. The van der Waals surface area contributed by atoms with Crippen molar-refractivity contribution in [1.29, 1.82) is 0 Å². The lowest BCUT2D eigenvalue weighted by atomic mass is 10.0. The first-order chi connectivity index (χ1) is 8.95. The van der Waals surface area contributed by atoms with Crippen molar-refractivity contribution in [3.05, 3.63) is 35.2 Å². The summed E-state index contributed by atoms with van der Waals surface area (Å²) in [7, 11) is 0. The number of hydrogen-bond acceptors (Lipinski definition) is 2. The van der Waals surface area contributed by atoms with Gasteiger partial charge in [-0.3, -0.25) is 0 Å². The molecule has 3 heteroatoms. The van der Waals surface area contributed by atoms with Gasteiger partial charge < -0.3 is 10.3 Å². The molecule has 0 saturated heterocycles. The summed E-state index contributed by atoms with van der Waals surface area (Å²) in [6, 6.07) is 6.73. The summed E-state index contributed by atoms with van der Waals surface area (Å²) in [5, 5.41) is 0. The van der Waals surface area contributed by atoms with Crippen LogP contribution in [-0.2, 0) is 6.42 Å². The van der Waals surface area contributed by atoms with E-state index in [1.807, 2.05) is 0 Å². The summed E-state index contributed by atoms with van der Waals surface area (Å²) in [4.78, 5) is 4.73. The summed E-state index contributed by atoms with van der Waals surface area (Å²) >= 11 is 0. The maximum Gasteiger partial charge on any atom is 0.131 e. The van der Waals surface area contributed by atoms with E-state index in [0.29, 0.717) is 6.04 Å². The Morgan fingerprint density at radius 2 is 1.89 bits per heavy atom. The second-order valence-electron chi connectivity index (χ2n) is 5.38. The van der Waals surface area contributed by atoms with Gasteiger partial charge in [-0.2, -0.15) is 0 Å². The molecule has 19 heavy (non-hydrogen) atoms. The molecule has 2 rings (SSSR count). The number of benzene rings is 1.